The molecule has 2 aromatic rings. The number of carboxylic acid groups (broad SMARTS) is 1. The second-order valence-electron chi connectivity index (χ2n) is 7.21. The molecule has 4 rings (SSSR count). The molecule has 0 aliphatic carbocycles. The maximum Gasteiger partial charge on any atom is 0.322 e. The molecule has 2 saturated heterocycles. The zero-order valence-corrected chi connectivity index (χ0v) is 19.0. The Kier molecular flexibility index (Phi) is 6.13. The number of hydrogen-bond acceptors (Lipinski definition) is 5. The molecule has 6 nitrogen and oxygen atoms in total. The molecule has 9 heteroatoms. The van der Waals surface area contributed by atoms with Gasteiger partial charge in [-0.25, -0.2) is 0 Å². The number of nitrogens with one attached hydrogen (secondary N) is 1. The first-order chi connectivity index (χ1) is 14.4. The normalized spacial score (nSPS) is 25.2. The zero-order chi connectivity index (χ0) is 21.3. The second kappa shape index (κ2) is 8.64. The third kappa shape index (κ3) is 4.10. The van der Waals surface area contributed by atoms with Crippen LogP contribution < -0.4 is 5.32 Å². The van der Waals surface area contributed by atoms with E-state index in [0.29, 0.717) is 5.75 Å². The van der Waals surface area contributed by atoms with Crippen molar-refractivity contribution in [2.75, 3.05) is 12.3 Å². The second-order valence-corrected chi connectivity index (χ2v) is 10.6. The molecule has 1 unspecified atom stereocenters. The molecule has 2 N–H and O–H groups in total. The van der Waals surface area contributed by atoms with Crippen LogP contribution in [0.15, 0.2) is 64.0 Å². The van der Waals surface area contributed by atoms with Crippen LogP contribution in [0.1, 0.15) is 5.56 Å². The molecule has 2 amide bonds. The largest absolute Gasteiger partial charge is 0.480 e. The van der Waals surface area contributed by atoms with Crippen molar-refractivity contribution in [2.24, 2.45) is 0 Å². The summed E-state index contributed by atoms with van der Waals surface area (Å²) < 4.78 is -0.316. The van der Waals surface area contributed by atoms with Crippen LogP contribution in [0.25, 0.3) is 0 Å². The highest BCUT2D eigenvalue weighted by Gasteiger charge is 2.58. The number of aliphatic carboxylic acids is 1. The van der Waals surface area contributed by atoms with Gasteiger partial charge < -0.3 is 15.3 Å². The standard InChI is InChI=1S/C21H19BrN2O4S2/c22-14-8-4-5-9-15(14)30-21(20(27)28)11-24-18(26)17(19(24)29-12-21)23-16(25)10-13-6-2-1-3-7-13/h1-9,17,19H,10-12H2,(H,23,25)(H,27,28)/t17-,19-,21?/m1/s1. The summed E-state index contributed by atoms with van der Waals surface area (Å²) in [6.07, 6.45) is 0.207. The van der Waals surface area contributed by atoms with Gasteiger partial charge in [0.05, 0.1) is 6.42 Å². The molecule has 0 aromatic heterocycles. The summed E-state index contributed by atoms with van der Waals surface area (Å²) in [6.45, 7) is 0.107. The minimum absolute atomic E-state index is 0.107. The highest BCUT2D eigenvalue weighted by Crippen LogP contribution is 2.47. The van der Waals surface area contributed by atoms with Crippen LogP contribution in [0.5, 0.6) is 0 Å². The van der Waals surface area contributed by atoms with Crippen LogP contribution >= 0.6 is 39.5 Å². The smallest absolute Gasteiger partial charge is 0.322 e. The predicted octanol–water partition coefficient (Wildman–Crippen LogP) is 3.01. The number of β-lactam (4-membered cyclic amide) rings is 1. The number of nitrogens with zero attached hydrogens (tertiary/aromatic N) is 1. The first-order valence-electron chi connectivity index (χ1n) is 9.32. The molecular formula is C21H19BrN2O4S2. The number of benzene rings is 2. The maximum absolute atomic E-state index is 12.7. The summed E-state index contributed by atoms with van der Waals surface area (Å²) in [7, 11) is 0. The Labute approximate surface area is 190 Å². The Hall–Kier alpha value is -1.97. The summed E-state index contributed by atoms with van der Waals surface area (Å²) in [6, 6.07) is 16.2. The van der Waals surface area contributed by atoms with Gasteiger partial charge >= 0.3 is 5.97 Å². The third-order valence-corrected chi connectivity index (χ3v) is 9.19. The molecule has 0 bridgehead atoms. The monoisotopic (exact) mass is 506 g/mol. The van der Waals surface area contributed by atoms with E-state index in [9.17, 15) is 19.5 Å². The molecule has 2 fully saturated rings. The average Bonchev–Trinajstić information content (AvgIpc) is 2.74. The number of carbonyl (C=O) groups is 3. The van der Waals surface area contributed by atoms with Crippen LogP contribution in [0, 0.1) is 0 Å². The fourth-order valence-corrected chi connectivity index (χ4v) is 6.91. The van der Waals surface area contributed by atoms with Gasteiger partial charge in [0.25, 0.3) is 0 Å². The van der Waals surface area contributed by atoms with E-state index in [1.54, 1.807) is 4.90 Å². The highest BCUT2D eigenvalue weighted by atomic mass is 79.9. The molecule has 3 atom stereocenters. The summed E-state index contributed by atoms with van der Waals surface area (Å²) in [4.78, 5) is 39.6. The number of rotatable bonds is 6. The van der Waals surface area contributed by atoms with Crippen molar-refractivity contribution < 1.29 is 19.5 Å². The Morgan fingerprint density at radius 3 is 2.60 bits per heavy atom. The number of fused-ring (bicyclic) bond motifs is 1. The number of amides is 2. The van der Waals surface area contributed by atoms with Gasteiger partial charge in [0.15, 0.2) is 0 Å². The Bertz CT molecular complexity index is 990. The summed E-state index contributed by atoms with van der Waals surface area (Å²) in [5.74, 6) is -1.05. The number of thioether (sulfide) groups is 2. The van der Waals surface area contributed by atoms with Gasteiger partial charge in [-0.05, 0) is 33.6 Å². The molecular weight excluding hydrogens is 488 g/mol. The van der Waals surface area contributed by atoms with Crippen LogP contribution in [0.4, 0.5) is 0 Å². The van der Waals surface area contributed by atoms with Gasteiger partial charge in [0, 0.05) is 21.7 Å². The quantitative estimate of drug-likeness (QED) is 0.585. The van der Waals surface area contributed by atoms with Gasteiger partial charge in [-0.3, -0.25) is 14.4 Å². The molecule has 0 spiro atoms. The number of carbonyl (C=O) groups excluding carboxylic acids is 2. The molecule has 2 heterocycles. The summed E-state index contributed by atoms with van der Waals surface area (Å²) in [5.41, 5.74) is 0.879. The topological polar surface area (TPSA) is 86.7 Å². The minimum Gasteiger partial charge on any atom is -0.480 e. The Morgan fingerprint density at radius 2 is 1.90 bits per heavy atom. The van der Waals surface area contributed by atoms with Crippen molar-refractivity contribution in [2.45, 2.75) is 27.5 Å². The van der Waals surface area contributed by atoms with E-state index in [1.165, 1.54) is 23.5 Å². The number of carboxylic acids is 1. The van der Waals surface area contributed by atoms with E-state index in [-0.39, 0.29) is 30.2 Å². The van der Waals surface area contributed by atoms with Gasteiger partial charge in [-0.15, -0.1) is 23.5 Å². The average molecular weight is 507 g/mol. The zero-order valence-electron chi connectivity index (χ0n) is 15.8. The molecule has 0 radical (unpaired) electrons. The lowest BCUT2D eigenvalue weighted by Gasteiger charge is -2.53. The van der Waals surface area contributed by atoms with Crippen LogP contribution in [0.3, 0.4) is 0 Å². The summed E-state index contributed by atoms with van der Waals surface area (Å²) >= 11 is 6.13. The molecule has 2 aliphatic heterocycles. The number of hydrogen-bond donors (Lipinski definition) is 2. The van der Waals surface area contributed by atoms with Crippen molar-refractivity contribution in [3.05, 3.63) is 64.6 Å². The van der Waals surface area contributed by atoms with Crippen LogP contribution in [-0.4, -0.2) is 56.3 Å². The van der Waals surface area contributed by atoms with Crippen molar-refractivity contribution in [1.82, 2.24) is 10.2 Å². The lowest BCUT2D eigenvalue weighted by molar-refractivity contribution is -0.152. The highest BCUT2D eigenvalue weighted by molar-refractivity contribution is 9.10. The summed E-state index contributed by atoms with van der Waals surface area (Å²) in [5, 5.41) is 12.6. The van der Waals surface area contributed by atoms with E-state index in [4.69, 9.17) is 0 Å². The lowest BCUT2D eigenvalue weighted by atomic mass is 10.0. The SMILES string of the molecule is O=C(Cc1ccccc1)N[C@@H]1C(=O)N2CC(Sc3ccccc3Br)(C(=O)O)CS[C@H]12. The molecule has 156 valence electrons. The van der Waals surface area contributed by atoms with Crippen molar-refractivity contribution in [3.8, 4) is 0 Å². The molecule has 2 aromatic carbocycles. The van der Waals surface area contributed by atoms with Crippen molar-refractivity contribution >= 4 is 57.2 Å². The fourth-order valence-electron chi connectivity index (χ4n) is 3.53. The fraction of sp³-hybridized carbons (Fsp3) is 0.286. The minimum atomic E-state index is -1.14. The van der Waals surface area contributed by atoms with Crippen molar-refractivity contribution in [3.63, 3.8) is 0 Å². The van der Waals surface area contributed by atoms with E-state index < -0.39 is 16.8 Å². The molecule has 0 saturated carbocycles. The Balaban J connectivity index is 1.42. The van der Waals surface area contributed by atoms with Gasteiger partial charge in [0.1, 0.15) is 16.2 Å². The van der Waals surface area contributed by atoms with E-state index in [2.05, 4.69) is 21.2 Å². The van der Waals surface area contributed by atoms with Crippen LogP contribution in [-0.2, 0) is 20.8 Å². The predicted molar refractivity (Wildman–Crippen MR) is 120 cm³/mol. The van der Waals surface area contributed by atoms with E-state index in [0.717, 1.165) is 14.9 Å². The molecule has 2 aliphatic rings. The lowest BCUT2D eigenvalue weighted by Crippen LogP contribution is -2.74. The maximum atomic E-state index is 12.7. The molecule has 30 heavy (non-hydrogen) atoms. The van der Waals surface area contributed by atoms with Gasteiger partial charge in [-0.2, -0.15) is 0 Å². The van der Waals surface area contributed by atoms with Crippen molar-refractivity contribution in [1.29, 1.82) is 0 Å². The first-order valence-corrected chi connectivity index (χ1v) is 12.0. The van der Waals surface area contributed by atoms with Gasteiger partial charge in [0.2, 0.25) is 11.8 Å². The van der Waals surface area contributed by atoms with Crippen LogP contribution in [0.2, 0.25) is 0 Å². The van der Waals surface area contributed by atoms with E-state index in [1.807, 2.05) is 54.6 Å². The first kappa shape index (κ1) is 21.3. The Morgan fingerprint density at radius 1 is 1.20 bits per heavy atom. The van der Waals surface area contributed by atoms with E-state index >= 15 is 0 Å². The third-order valence-electron chi connectivity index (χ3n) is 5.11. The van der Waals surface area contributed by atoms with Gasteiger partial charge in [-0.1, -0.05) is 42.5 Å². The number of halogens is 1.